The van der Waals surface area contributed by atoms with Crippen LogP contribution in [0.4, 0.5) is 0 Å². The van der Waals surface area contributed by atoms with Gasteiger partial charge in [0.2, 0.25) is 0 Å². The van der Waals surface area contributed by atoms with Gasteiger partial charge >= 0.3 is 0 Å². The summed E-state index contributed by atoms with van der Waals surface area (Å²) >= 11 is 0. The van der Waals surface area contributed by atoms with Crippen LogP contribution in [-0.2, 0) is 10.8 Å². The third-order valence-electron chi connectivity index (χ3n) is 6.83. The summed E-state index contributed by atoms with van der Waals surface area (Å²) in [5.74, 6) is 3.90. The summed E-state index contributed by atoms with van der Waals surface area (Å²) in [6.07, 6.45) is 17.5. The Morgan fingerprint density at radius 1 is 0.870 bits per heavy atom. The molecule has 2 heteroatoms. The molecule has 0 heterocycles. The molecule has 0 N–H and O–H groups in total. The van der Waals surface area contributed by atoms with E-state index in [4.69, 9.17) is 0 Å². The van der Waals surface area contributed by atoms with E-state index in [0.29, 0.717) is 0 Å². The molecule has 0 aromatic heterocycles. The van der Waals surface area contributed by atoms with Crippen LogP contribution >= 0.6 is 0 Å². The monoisotopic (exact) mass is 340 g/mol. The van der Waals surface area contributed by atoms with Gasteiger partial charge in [-0.05, 0) is 69.6 Å². The van der Waals surface area contributed by atoms with Crippen LogP contribution in [-0.4, -0.2) is 14.7 Å². The Hall–Kier alpha value is 0.150. The van der Waals surface area contributed by atoms with Crippen LogP contribution in [0.3, 0.4) is 0 Å². The first-order chi connectivity index (χ1) is 11.1. The standard InChI is InChI=1S/C21H40OS/c1-4-6-7-17-23(22)21(3)15-13-20(14-16-21)19-11-9-18(8-5-2)10-12-19/h18-20H,4-17H2,1-3H3. The summed E-state index contributed by atoms with van der Waals surface area (Å²) in [6.45, 7) is 6.86. The van der Waals surface area contributed by atoms with Crippen LogP contribution in [0.2, 0.25) is 0 Å². The van der Waals surface area contributed by atoms with E-state index in [9.17, 15) is 4.21 Å². The molecule has 0 aliphatic heterocycles. The highest BCUT2D eigenvalue weighted by Crippen LogP contribution is 2.44. The largest absolute Gasteiger partial charge is 0.259 e. The van der Waals surface area contributed by atoms with Crippen molar-refractivity contribution in [1.29, 1.82) is 0 Å². The fraction of sp³-hybridized carbons (Fsp3) is 1.00. The smallest absolute Gasteiger partial charge is 0.0431 e. The van der Waals surface area contributed by atoms with Gasteiger partial charge in [-0.25, -0.2) is 0 Å². The highest BCUT2D eigenvalue weighted by atomic mass is 32.2. The molecule has 1 unspecified atom stereocenters. The zero-order valence-electron chi connectivity index (χ0n) is 15.9. The van der Waals surface area contributed by atoms with E-state index >= 15 is 0 Å². The molecule has 0 bridgehead atoms. The Kier molecular flexibility index (Phi) is 8.12. The molecule has 0 amide bonds. The maximum atomic E-state index is 12.7. The Balaban J connectivity index is 1.74. The fourth-order valence-electron chi connectivity index (χ4n) is 5.04. The van der Waals surface area contributed by atoms with Gasteiger partial charge in [0.25, 0.3) is 0 Å². The van der Waals surface area contributed by atoms with Crippen LogP contribution in [0.25, 0.3) is 0 Å². The topological polar surface area (TPSA) is 17.1 Å². The molecule has 0 aromatic rings. The van der Waals surface area contributed by atoms with E-state index in [2.05, 4.69) is 20.8 Å². The summed E-state index contributed by atoms with van der Waals surface area (Å²) in [6, 6.07) is 0. The van der Waals surface area contributed by atoms with Crippen molar-refractivity contribution >= 4 is 10.8 Å². The normalized spacial score (nSPS) is 36.7. The first kappa shape index (κ1) is 19.5. The van der Waals surface area contributed by atoms with Crippen molar-refractivity contribution in [3.05, 3.63) is 0 Å². The van der Waals surface area contributed by atoms with Crippen molar-refractivity contribution in [3.63, 3.8) is 0 Å². The molecular weight excluding hydrogens is 300 g/mol. The highest BCUT2D eigenvalue weighted by Gasteiger charge is 2.38. The number of rotatable bonds is 8. The predicted molar refractivity (Wildman–Crippen MR) is 103 cm³/mol. The van der Waals surface area contributed by atoms with Crippen molar-refractivity contribution < 1.29 is 4.21 Å². The lowest BCUT2D eigenvalue weighted by Gasteiger charge is -2.41. The molecule has 0 radical (unpaired) electrons. The molecular formula is C21H40OS. The van der Waals surface area contributed by atoms with Crippen LogP contribution in [0.5, 0.6) is 0 Å². The van der Waals surface area contributed by atoms with Gasteiger partial charge in [-0.15, -0.1) is 0 Å². The Labute approximate surface area is 147 Å². The summed E-state index contributed by atoms with van der Waals surface area (Å²) in [7, 11) is -0.602. The molecule has 2 saturated carbocycles. The first-order valence-electron chi connectivity index (χ1n) is 10.5. The fourth-order valence-corrected chi connectivity index (χ4v) is 6.69. The second kappa shape index (κ2) is 9.59. The summed E-state index contributed by atoms with van der Waals surface area (Å²) in [5, 5.41) is 0. The van der Waals surface area contributed by atoms with Crippen LogP contribution in [0.1, 0.15) is 104 Å². The van der Waals surface area contributed by atoms with Crippen molar-refractivity contribution in [2.24, 2.45) is 17.8 Å². The average Bonchev–Trinajstić information content (AvgIpc) is 2.57. The van der Waals surface area contributed by atoms with E-state index in [1.165, 1.54) is 77.0 Å². The molecule has 2 fully saturated rings. The van der Waals surface area contributed by atoms with Gasteiger partial charge in [-0.2, -0.15) is 0 Å². The summed E-state index contributed by atoms with van der Waals surface area (Å²) in [4.78, 5) is 0. The van der Waals surface area contributed by atoms with Gasteiger partial charge in [0.05, 0.1) is 0 Å². The van der Waals surface area contributed by atoms with Crippen molar-refractivity contribution in [2.75, 3.05) is 5.75 Å². The second-order valence-corrected chi connectivity index (χ2v) is 10.7. The first-order valence-corrected chi connectivity index (χ1v) is 11.8. The molecule has 0 aromatic carbocycles. The summed E-state index contributed by atoms with van der Waals surface area (Å²) < 4.78 is 12.8. The average molecular weight is 341 g/mol. The van der Waals surface area contributed by atoms with Gasteiger partial charge in [-0.3, -0.25) is 4.21 Å². The minimum Gasteiger partial charge on any atom is -0.259 e. The lowest BCUT2D eigenvalue weighted by Crippen LogP contribution is -2.38. The molecule has 0 spiro atoms. The third-order valence-corrected chi connectivity index (χ3v) is 8.99. The van der Waals surface area contributed by atoms with E-state index in [1.54, 1.807) is 0 Å². The van der Waals surface area contributed by atoms with Gasteiger partial charge in [0.15, 0.2) is 0 Å². The molecule has 2 rings (SSSR count). The number of hydrogen-bond donors (Lipinski definition) is 0. The highest BCUT2D eigenvalue weighted by molar-refractivity contribution is 7.86. The quantitative estimate of drug-likeness (QED) is 0.462. The minimum absolute atomic E-state index is 0.129. The van der Waals surface area contributed by atoms with Gasteiger partial charge < -0.3 is 0 Å². The zero-order chi connectivity index (χ0) is 16.7. The Bertz CT molecular complexity index is 349. The lowest BCUT2D eigenvalue weighted by molar-refractivity contribution is 0.153. The molecule has 0 saturated heterocycles. The van der Waals surface area contributed by atoms with Gasteiger partial charge in [0.1, 0.15) is 0 Å². The van der Waals surface area contributed by atoms with Crippen molar-refractivity contribution in [3.8, 4) is 0 Å². The van der Waals surface area contributed by atoms with E-state index in [-0.39, 0.29) is 4.75 Å². The SMILES string of the molecule is CCCCCS(=O)C1(C)CCC(C2CCC(CCC)CC2)CC1. The minimum atomic E-state index is -0.602. The van der Waals surface area contributed by atoms with Crippen molar-refractivity contribution in [1.82, 2.24) is 0 Å². The number of unbranched alkanes of at least 4 members (excludes halogenated alkanes) is 2. The maximum Gasteiger partial charge on any atom is 0.0431 e. The Morgan fingerprint density at radius 2 is 1.48 bits per heavy atom. The van der Waals surface area contributed by atoms with Crippen molar-refractivity contribution in [2.45, 2.75) is 109 Å². The maximum absolute atomic E-state index is 12.7. The number of hydrogen-bond acceptors (Lipinski definition) is 1. The molecule has 136 valence electrons. The lowest BCUT2D eigenvalue weighted by atomic mass is 9.69. The van der Waals surface area contributed by atoms with Crippen LogP contribution in [0.15, 0.2) is 0 Å². The van der Waals surface area contributed by atoms with E-state index in [0.717, 1.165) is 29.9 Å². The van der Waals surface area contributed by atoms with Gasteiger partial charge in [0, 0.05) is 21.3 Å². The van der Waals surface area contributed by atoms with E-state index < -0.39 is 10.8 Å². The molecule has 1 nitrogen and oxygen atoms in total. The molecule has 23 heavy (non-hydrogen) atoms. The molecule has 2 aliphatic carbocycles. The van der Waals surface area contributed by atoms with Crippen LogP contribution < -0.4 is 0 Å². The van der Waals surface area contributed by atoms with Crippen LogP contribution in [0, 0.1) is 17.8 Å². The second-order valence-electron chi connectivity index (χ2n) is 8.61. The van der Waals surface area contributed by atoms with E-state index in [1.807, 2.05) is 0 Å². The summed E-state index contributed by atoms with van der Waals surface area (Å²) in [5.41, 5.74) is 0. The van der Waals surface area contributed by atoms with Gasteiger partial charge in [-0.1, -0.05) is 52.4 Å². The Morgan fingerprint density at radius 3 is 2.04 bits per heavy atom. The molecule has 1 atom stereocenters. The predicted octanol–water partition coefficient (Wildman–Crippen LogP) is 6.48. The molecule has 2 aliphatic rings. The third kappa shape index (κ3) is 5.58. The zero-order valence-corrected chi connectivity index (χ0v) is 16.8.